The quantitative estimate of drug-likeness (QED) is 0.503. The van der Waals surface area contributed by atoms with Crippen LogP contribution in [0, 0.1) is 0 Å². The van der Waals surface area contributed by atoms with Crippen molar-refractivity contribution in [1.82, 2.24) is 0 Å². The van der Waals surface area contributed by atoms with Gasteiger partial charge in [0, 0.05) is 11.1 Å². The number of phenolic OH excluding ortho intramolecular Hbond substituents is 1. The summed E-state index contributed by atoms with van der Waals surface area (Å²) in [6.45, 7) is 0. The number of aromatic hydroxyl groups is 1. The zero-order chi connectivity index (χ0) is 16.5. The zero-order valence-electron chi connectivity index (χ0n) is 12.7. The fourth-order valence-corrected chi connectivity index (χ4v) is 3.43. The summed E-state index contributed by atoms with van der Waals surface area (Å²) in [6, 6.07) is 23.3. The molecule has 4 rings (SSSR count). The minimum absolute atomic E-state index is 0.191. The molecule has 0 saturated heterocycles. The van der Waals surface area contributed by atoms with Crippen molar-refractivity contribution in [3.05, 3.63) is 72.8 Å². The van der Waals surface area contributed by atoms with E-state index in [2.05, 4.69) is 0 Å². The van der Waals surface area contributed by atoms with Crippen LogP contribution in [0.1, 0.15) is 0 Å². The predicted octanol–water partition coefficient (Wildman–Crippen LogP) is 5.25. The Balaban J connectivity index is 2.17. The van der Waals surface area contributed by atoms with E-state index in [9.17, 15) is 10.00 Å². The van der Waals surface area contributed by atoms with E-state index in [4.69, 9.17) is 4.52 Å². The third-order valence-corrected chi connectivity index (χ3v) is 4.51. The van der Waals surface area contributed by atoms with Crippen LogP contribution in [0.25, 0.3) is 32.7 Å². The van der Waals surface area contributed by atoms with Gasteiger partial charge in [0.2, 0.25) is 9.03 Å². The van der Waals surface area contributed by atoms with Crippen molar-refractivity contribution in [1.29, 1.82) is 0 Å². The van der Waals surface area contributed by atoms with Crippen molar-refractivity contribution in [3.8, 4) is 22.6 Å². The fourth-order valence-electron chi connectivity index (χ4n) is 3.17. The highest BCUT2D eigenvalue weighted by Gasteiger charge is 2.17. The molecule has 2 N–H and O–H groups in total. The number of phenols is 1. The largest absolute Gasteiger partial charge is 0.507 e. The van der Waals surface area contributed by atoms with Gasteiger partial charge in [0.05, 0.1) is 0 Å². The van der Waals surface area contributed by atoms with Gasteiger partial charge in [-0.2, -0.15) is 0 Å². The van der Waals surface area contributed by atoms with E-state index in [1.807, 2.05) is 66.7 Å². The highest BCUT2D eigenvalue weighted by Crippen LogP contribution is 2.45. The second-order valence-corrected chi connectivity index (χ2v) is 5.92. The van der Waals surface area contributed by atoms with Crippen LogP contribution in [0.4, 0.5) is 0 Å². The maximum Gasteiger partial charge on any atom is 0.212 e. The molecule has 4 aromatic carbocycles. The van der Waals surface area contributed by atoms with Crippen LogP contribution < -0.4 is 4.52 Å². The first-order valence-electron chi connectivity index (χ1n) is 7.58. The Morgan fingerprint density at radius 1 is 0.667 bits per heavy atom. The maximum atomic E-state index is 10.6. The van der Waals surface area contributed by atoms with Crippen LogP contribution in [0.15, 0.2) is 72.8 Å². The number of fused-ring (bicyclic) bond motifs is 2. The van der Waals surface area contributed by atoms with Crippen LogP contribution in [0.5, 0.6) is 11.5 Å². The Bertz CT molecular complexity index is 1040. The van der Waals surface area contributed by atoms with Gasteiger partial charge in [-0.3, -0.25) is 0 Å². The second-order valence-electron chi connectivity index (χ2n) is 5.53. The van der Waals surface area contributed by atoms with Crippen LogP contribution in [0.3, 0.4) is 0 Å². The van der Waals surface area contributed by atoms with Crippen molar-refractivity contribution >= 4 is 30.6 Å². The molecule has 0 bridgehead atoms. The molecule has 3 nitrogen and oxygen atoms in total. The number of hydrogen-bond acceptors (Lipinski definition) is 3. The predicted molar refractivity (Wildman–Crippen MR) is 99.7 cm³/mol. The normalized spacial score (nSPS) is 11.5. The molecule has 0 spiro atoms. The van der Waals surface area contributed by atoms with Crippen LogP contribution >= 0.6 is 9.03 Å². The van der Waals surface area contributed by atoms with Gasteiger partial charge in [-0.25, -0.2) is 0 Å². The molecular formula is C20H15O3P. The summed E-state index contributed by atoms with van der Waals surface area (Å²) in [7, 11) is -0.660. The van der Waals surface area contributed by atoms with Gasteiger partial charge in [0.25, 0.3) is 0 Å². The summed E-state index contributed by atoms with van der Waals surface area (Å²) < 4.78 is 5.48. The number of hydrogen-bond donors (Lipinski definition) is 2. The Morgan fingerprint density at radius 3 is 1.92 bits per heavy atom. The van der Waals surface area contributed by atoms with Gasteiger partial charge in [-0.05, 0) is 33.7 Å². The maximum absolute atomic E-state index is 10.6. The molecule has 0 aliphatic heterocycles. The van der Waals surface area contributed by atoms with Gasteiger partial charge >= 0.3 is 0 Å². The Kier molecular flexibility index (Phi) is 3.81. The van der Waals surface area contributed by atoms with Crippen molar-refractivity contribution in [2.45, 2.75) is 0 Å². The summed E-state index contributed by atoms with van der Waals surface area (Å²) in [6.07, 6.45) is 0. The second kappa shape index (κ2) is 6.12. The molecule has 4 aromatic rings. The topological polar surface area (TPSA) is 49.7 Å². The highest BCUT2D eigenvalue weighted by atomic mass is 31.1. The van der Waals surface area contributed by atoms with Gasteiger partial charge < -0.3 is 14.5 Å². The lowest BCUT2D eigenvalue weighted by Gasteiger charge is -2.16. The first-order valence-corrected chi connectivity index (χ1v) is 8.44. The fraction of sp³-hybridized carbons (Fsp3) is 0. The van der Waals surface area contributed by atoms with Crippen LogP contribution in [-0.2, 0) is 0 Å². The molecule has 24 heavy (non-hydrogen) atoms. The molecular weight excluding hydrogens is 319 g/mol. The minimum Gasteiger partial charge on any atom is -0.507 e. The molecule has 0 radical (unpaired) electrons. The smallest absolute Gasteiger partial charge is 0.212 e. The molecule has 0 aliphatic carbocycles. The lowest BCUT2D eigenvalue weighted by atomic mass is 9.92. The highest BCUT2D eigenvalue weighted by molar-refractivity contribution is 7.25. The minimum atomic E-state index is -0.660. The molecule has 4 heteroatoms. The summed E-state index contributed by atoms with van der Waals surface area (Å²) >= 11 is 0. The van der Waals surface area contributed by atoms with E-state index in [-0.39, 0.29) is 5.75 Å². The summed E-state index contributed by atoms with van der Waals surface area (Å²) in [5.74, 6) is 0.748. The number of rotatable bonds is 3. The third kappa shape index (κ3) is 2.39. The van der Waals surface area contributed by atoms with Crippen LogP contribution in [0.2, 0.25) is 0 Å². The SMILES string of the molecule is OPOc1ccc2ccccc2c1-c1c(O)ccc2ccccc12. The molecule has 0 amide bonds. The van der Waals surface area contributed by atoms with E-state index in [0.717, 1.165) is 32.7 Å². The first-order chi connectivity index (χ1) is 11.8. The van der Waals surface area contributed by atoms with Crippen molar-refractivity contribution in [3.63, 3.8) is 0 Å². The Labute approximate surface area is 141 Å². The average molecular weight is 334 g/mol. The van der Waals surface area contributed by atoms with E-state index in [1.165, 1.54) is 0 Å². The zero-order valence-corrected chi connectivity index (χ0v) is 13.7. The van der Waals surface area contributed by atoms with Gasteiger partial charge in [-0.15, -0.1) is 0 Å². The summed E-state index contributed by atoms with van der Waals surface area (Å²) in [5.41, 5.74) is 1.52. The Morgan fingerprint density at radius 2 is 1.25 bits per heavy atom. The summed E-state index contributed by atoms with van der Waals surface area (Å²) in [4.78, 5) is 9.29. The van der Waals surface area contributed by atoms with Gasteiger partial charge in [0.1, 0.15) is 11.5 Å². The van der Waals surface area contributed by atoms with Gasteiger partial charge in [0.15, 0.2) is 0 Å². The average Bonchev–Trinajstić information content (AvgIpc) is 2.62. The monoisotopic (exact) mass is 334 g/mol. The molecule has 1 unspecified atom stereocenters. The third-order valence-electron chi connectivity index (χ3n) is 4.20. The molecule has 0 aromatic heterocycles. The van der Waals surface area contributed by atoms with E-state index in [0.29, 0.717) is 5.75 Å². The first kappa shape index (κ1) is 14.9. The molecule has 0 heterocycles. The van der Waals surface area contributed by atoms with Crippen LogP contribution in [-0.4, -0.2) is 10.00 Å². The molecule has 0 fully saturated rings. The van der Waals surface area contributed by atoms with E-state index < -0.39 is 9.03 Å². The van der Waals surface area contributed by atoms with E-state index >= 15 is 0 Å². The van der Waals surface area contributed by atoms with Gasteiger partial charge in [-0.1, -0.05) is 60.7 Å². The number of benzene rings is 4. The molecule has 1 atom stereocenters. The summed E-state index contributed by atoms with van der Waals surface area (Å²) in [5, 5.41) is 14.6. The molecule has 0 aliphatic rings. The standard InChI is InChI=1S/C20H15O3P/c21-17-11-9-13-5-1-3-7-15(13)19(17)20-16-8-4-2-6-14(16)10-12-18(20)23-24-22/h1-12,21-22,24H. The van der Waals surface area contributed by atoms with E-state index in [1.54, 1.807) is 6.07 Å². The lowest BCUT2D eigenvalue weighted by molar-refractivity contribution is 0.477. The molecule has 0 saturated carbocycles. The molecule has 118 valence electrons. The Hall–Kier alpha value is -2.61. The van der Waals surface area contributed by atoms with Crippen molar-refractivity contribution in [2.75, 3.05) is 0 Å². The van der Waals surface area contributed by atoms with Crippen molar-refractivity contribution in [2.24, 2.45) is 0 Å². The van der Waals surface area contributed by atoms with Crippen molar-refractivity contribution < 1.29 is 14.5 Å². The lowest BCUT2D eigenvalue weighted by Crippen LogP contribution is -1.90.